The molecule has 3 nitrogen and oxygen atoms in total. The highest BCUT2D eigenvalue weighted by atomic mass is 32.2. The second kappa shape index (κ2) is 7.46. The predicted molar refractivity (Wildman–Crippen MR) is 86.1 cm³/mol. The van der Waals surface area contributed by atoms with Crippen LogP contribution in [0.25, 0.3) is 0 Å². The molecule has 1 heterocycles. The zero-order valence-electron chi connectivity index (χ0n) is 12.7. The third-order valence-corrected chi connectivity index (χ3v) is 4.91. The van der Waals surface area contributed by atoms with E-state index in [9.17, 15) is 5.11 Å². The summed E-state index contributed by atoms with van der Waals surface area (Å²) >= 11 is 1.81. The molecule has 0 bridgehead atoms. The van der Waals surface area contributed by atoms with Crippen LogP contribution in [0.3, 0.4) is 0 Å². The van der Waals surface area contributed by atoms with Crippen LogP contribution in [0.2, 0.25) is 0 Å². The normalized spacial score (nSPS) is 23.6. The Balaban J connectivity index is 2.00. The van der Waals surface area contributed by atoms with Gasteiger partial charge in [-0.1, -0.05) is 18.2 Å². The van der Waals surface area contributed by atoms with Gasteiger partial charge in [-0.05, 0) is 43.8 Å². The first-order valence-corrected chi connectivity index (χ1v) is 8.46. The summed E-state index contributed by atoms with van der Waals surface area (Å²) in [4.78, 5) is 6.08. The summed E-state index contributed by atoms with van der Waals surface area (Å²) in [6.45, 7) is 4.46. The molecule has 1 fully saturated rings. The molecule has 1 aliphatic rings. The molecule has 0 spiro atoms. The molecule has 2 rings (SSSR count). The minimum atomic E-state index is 0.305. The Hall–Kier alpha value is -0.550. The largest absolute Gasteiger partial charge is 0.396 e. The van der Waals surface area contributed by atoms with E-state index in [2.05, 4.69) is 54.4 Å². The van der Waals surface area contributed by atoms with Gasteiger partial charge in [-0.2, -0.15) is 0 Å². The van der Waals surface area contributed by atoms with Crippen molar-refractivity contribution in [1.82, 2.24) is 9.80 Å². The average Bonchev–Trinajstić information content (AvgIpc) is 2.80. The fourth-order valence-electron chi connectivity index (χ4n) is 3.12. The standard InChI is InChI=1S/C16H26N2OS/c1-17(2)8-14-10-18(11-15(14)12-19)9-13-6-4-5-7-16(13)20-3/h4-7,14-15,19H,8-12H2,1-3H3. The number of rotatable bonds is 6. The molecular formula is C16H26N2OS. The highest BCUT2D eigenvalue weighted by Gasteiger charge is 2.32. The Kier molecular flexibility index (Phi) is 5.90. The second-order valence-corrected chi connectivity index (χ2v) is 6.82. The number of thioether (sulfide) groups is 1. The first kappa shape index (κ1) is 15.8. The first-order chi connectivity index (χ1) is 9.63. The van der Waals surface area contributed by atoms with Gasteiger partial charge in [0.15, 0.2) is 0 Å². The monoisotopic (exact) mass is 294 g/mol. The molecule has 2 atom stereocenters. The molecule has 1 saturated heterocycles. The van der Waals surface area contributed by atoms with Crippen molar-refractivity contribution in [3.8, 4) is 0 Å². The van der Waals surface area contributed by atoms with Gasteiger partial charge in [0.25, 0.3) is 0 Å². The van der Waals surface area contributed by atoms with Crippen molar-refractivity contribution in [2.75, 3.05) is 46.6 Å². The van der Waals surface area contributed by atoms with Crippen molar-refractivity contribution < 1.29 is 5.11 Å². The summed E-state index contributed by atoms with van der Waals surface area (Å²) in [5.74, 6) is 0.996. The smallest absolute Gasteiger partial charge is 0.0475 e. The molecule has 20 heavy (non-hydrogen) atoms. The Morgan fingerprint density at radius 1 is 1.25 bits per heavy atom. The highest BCUT2D eigenvalue weighted by molar-refractivity contribution is 7.98. The lowest BCUT2D eigenvalue weighted by Gasteiger charge is -2.20. The van der Waals surface area contributed by atoms with E-state index in [1.165, 1.54) is 10.5 Å². The zero-order valence-corrected chi connectivity index (χ0v) is 13.6. The Bertz CT molecular complexity index is 425. The number of likely N-dealkylation sites (tertiary alicyclic amines) is 1. The summed E-state index contributed by atoms with van der Waals surface area (Å²) in [7, 11) is 4.22. The van der Waals surface area contributed by atoms with Gasteiger partial charge in [-0.3, -0.25) is 4.90 Å². The molecule has 1 aliphatic heterocycles. The second-order valence-electron chi connectivity index (χ2n) is 5.97. The van der Waals surface area contributed by atoms with Gasteiger partial charge < -0.3 is 10.0 Å². The van der Waals surface area contributed by atoms with Crippen LogP contribution in [0.15, 0.2) is 29.2 Å². The van der Waals surface area contributed by atoms with Crippen molar-refractivity contribution in [3.05, 3.63) is 29.8 Å². The molecule has 0 saturated carbocycles. The van der Waals surface area contributed by atoms with Gasteiger partial charge >= 0.3 is 0 Å². The van der Waals surface area contributed by atoms with Crippen LogP contribution >= 0.6 is 11.8 Å². The van der Waals surface area contributed by atoms with E-state index in [1.54, 1.807) is 0 Å². The van der Waals surface area contributed by atoms with E-state index < -0.39 is 0 Å². The van der Waals surface area contributed by atoms with Crippen LogP contribution in [0.4, 0.5) is 0 Å². The number of hydrogen-bond acceptors (Lipinski definition) is 4. The Morgan fingerprint density at radius 3 is 2.60 bits per heavy atom. The van der Waals surface area contributed by atoms with Crippen molar-refractivity contribution >= 4 is 11.8 Å². The van der Waals surface area contributed by atoms with E-state index in [4.69, 9.17) is 0 Å². The van der Waals surface area contributed by atoms with Crippen LogP contribution in [0.1, 0.15) is 5.56 Å². The van der Waals surface area contributed by atoms with Gasteiger partial charge in [0, 0.05) is 37.7 Å². The van der Waals surface area contributed by atoms with E-state index in [-0.39, 0.29) is 0 Å². The third-order valence-electron chi connectivity index (χ3n) is 4.07. The summed E-state index contributed by atoms with van der Waals surface area (Å²) in [6, 6.07) is 8.63. The number of aliphatic hydroxyl groups is 1. The zero-order chi connectivity index (χ0) is 14.5. The van der Waals surface area contributed by atoms with Crippen molar-refractivity contribution in [2.24, 2.45) is 11.8 Å². The highest BCUT2D eigenvalue weighted by Crippen LogP contribution is 2.27. The maximum absolute atomic E-state index is 9.58. The average molecular weight is 294 g/mol. The van der Waals surface area contributed by atoms with Crippen LogP contribution in [-0.4, -0.2) is 61.5 Å². The summed E-state index contributed by atoms with van der Waals surface area (Å²) in [5, 5.41) is 9.58. The number of hydrogen-bond donors (Lipinski definition) is 1. The fourth-order valence-corrected chi connectivity index (χ4v) is 3.73. The van der Waals surface area contributed by atoms with E-state index in [0.717, 1.165) is 26.2 Å². The van der Waals surface area contributed by atoms with Crippen molar-refractivity contribution in [1.29, 1.82) is 0 Å². The molecule has 112 valence electrons. The van der Waals surface area contributed by atoms with E-state index >= 15 is 0 Å². The van der Waals surface area contributed by atoms with Gasteiger partial charge in [0.1, 0.15) is 0 Å². The molecule has 1 aromatic carbocycles. The maximum Gasteiger partial charge on any atom is 0.0475 e. The molecule has 1 aromatic rings. The van der Waals surface area contributed by atoms with Gasteiger partial charge in [0.2, 0.25) is 0 Å². The van der Waals surface area contributed by atoms with Gasteiger partial charge in [-0.25, -0.2) is 0 Å². The van der Waals surface area contributed by atoms with E-state index in [0.29, 0.717) is 18.4 Å². The number of aliphatic hydroxyl groups excluding tert-OH is 1. The topological polar surface area (TPSA) is 26.7 Å². The van der Waals surface area contributed by atoms with E-state index in [1.807, 2.05) is 11.8 Å². The van der Waals surface area contributed by atoms with Crippen molar-refractivity contribution in [2.45, 2.75) is 11.4 Å². The minimum Gasteiger partial charge on any atom is -0.396 e. The fraction of sp³-hybridized carbons (Fsp3) is 0.625. The van der Waals surface area contributed by atoms with Crippen LogP contribution < -0.4 is 0 Å². The van der Waals surface area contributed by atoms with Gasteiger partial charge in [0.05, 0.1) is 0 Å². The molecule has 0 radical (unpaired) electrons. The van der Waals surface area contributed by atoms with Crippen LogP contribution in [0.5, 0.6) is 0 Å². The predicted octanol–water partition coefficient (Wildman–Crippen LogP) is 2.01. The molecule has 0 aliphatic carbocycles. The summed E-state index contributed by atoms with van der Waals surface area (Å²) < 4.78 is 0. The third kappa shape index (κ3) is 3.98. The number of benzene rings is 1. The Morgan fingerprint density at radius 2 is 1.95 bits per heavy atom. The molecule has 4 heteroatoms. The molecule has 0 amide bonds. The quantitative estimate of drug-likeness (QED) is 0.812. The lowest BCUT2D eigenvalue weighted by molar-refractivity contribution is 0.183. The van der Waals surface area contributed by atoms with Gasteiger partial charge in [-0.15, -0.1) is 11.8 Å². The SMILES string of the molecule is CSc1ccccc1CN1CC(CO)C(CN(C)C)C1. The molecule has 0 aromatic heterocycles. The molecule has 1 N–H and O–H groups in total. The first-order valence-electron chi connectivity index (χ1n) is 7.24. The molecule has 2 unspecified atom stereocenters. The maximum atomic E-state index is 9.58. The lowest BCUT2D eigenvalue weighted by atomic mass is 9.97. The van der Waals surface area contributed by atoms with Crippen molar-refractivity contribution in [3.63, 3.8) is 0 Å². The molecular weight excluding hydrogens is 268 g/mol. The van der Waals surface area contributed by atoms with Crippen LogP contribution in [0, 0.1) is 11.8 Å². The minimum absolute atomic E-state index is 0.305. The summed E-state index contributed by atoms with van der Waals surface area (Å²) in [6.07, 6.45) is 2.13. The lowest BCUT2D eigenvalue weighted by Crippen LogP contribution is -2.28. The van der Waals surface area contributed by atoms with Crippen LogP contribution in [-0.2, 0) is 6.54 Å². The Labute approximate surface area is 127 Å². The number of nitrogens with zero attached hydrogens (tertiary/aromatic N) is 2. The summed E-state index contributed by atoms with van der Waals surface area (Å²) in [5.41, 5.74) is 1.40.